The summed E-state index contributed by atoms with van der Waals surface area (Å²) in [5.41, 5.74) is 6.58. The van der Waals surface area contributed by atoms with Crippen molar-refractivity contribution in [3.05, 3.63) is 17.8 Å². The second kappa shape index (κ2) is 6.35. The molecule has 5 nitrogen and oxygen atoms in total. The van der Waals surface area contributed by atoms with Crippen LogP contribution in [0.2, 0.25) is 0 Å². The number of esters is 1. The molecule has 1 fully saturated rings. The zero-order valence-electron chi connectivity index (χ0n) is 12.1. The van der Waals surface area contributed by atoms with Crippen LogP contribution in [-0.2, 0) is 4.74 Å². The summed E-state index contributed by atoms with van der Waals surface area (Å²) < 4.78 is 5.02. The summed E-state index contributed by atoms with van der Waals surface area (Å²) in [7, 11) is 0. The Labute approximate surface area is 123 Å². The molecule has 2 rings (SSSR count). The molecule has 0 radical (unpaired) electrons. The number of aromatic nitrogens is 1. The summed E-state index contributed by atoms with van der Waals surface area (Å²) in [6, 6.07) is 1.74. The van der Waals surface area contributed by atoms with Gasteiger partial charge in [-0.05, 0) is 13.0 Å². The standard InChI is InChI=1S/C14H21N3O2S/c1-4-19-14(18)11-5-13(16-6-12(11)15)17-7-9(2)20-10(3)8-17/h5-6,9-10H,4,7-8,15H2,1-3H3. The summed E-state index contributed by atoms with van der Waals surface area (Å²) in [5.74, 6) is 0.405. The first-order valence-corrected chi connectivity index (χ1v) is 7.78. The van der Waals surface area contributed by atoms with Gasteiger partial charge in [0, 0.05) is 23.6 Å². The van der Waals surface area contributed by atoms with Gasteiger partial charge in [0.25, 0.3) is 0 Å². The molecule has 20 heavy (non-hydrogen) atoms. The van der Waals surface area contributed by atoms with Crippen molar-refractivity contribution in [1.29, 1.82) is 0 Å². The van der Waals surface area contributed by atoms with E-state index in [9.17, 15) is 4.79 Å². The number of pyridine rings is 1. The van der Waals surface area contributed by atoms with E-state index in [4.69, 9.17) is 10.5 Å². The van der Waals surface area contributed by atoms with Crippen molar-refractivity contribution >= 4 is 29.2 Å². The predicted molar refractivity (Wildman–Crippen MR) is 83.3 cm³/mol. The lowest BCUT2D eigenvalue weighted by Gasteiger charge is -2.35. The minimum absolute atomic E-state index is 0.338. The number of hydrogen-bond acceptors (Lipinski definition) is 6. The van der Waals surface area contributed by atoms with Gasteiger partial charge in [-0.3, -0.25) is 0 Å². The Bertz CT molecular complexity index is 485. The molecule has 0 saturated carbocycles. The number of anilines is 2. The van der Waals surface area contributed by atoms with Crippen LogP contribution in [0.1, 0.15) is 31.1 Å². The molecule has 1 aromatic heterocycles. The van der Waals surface area contributed by atoms with Crippen molar-refractivity contribution in [2.45, 2.75) is 31.3 Å². The number of nitrogens with two attached hydrogens (primary N) is 1. The Morgan fingerprint density at radius 2 is 2.15 bits per heavy atom. The molecule has 0 aromatic carbocycles. The Kier molecular flexibility index (Phi) is 4.75. The average Bonchev–Trinajstić information content (AvgIpc) is 2.38. The van der Waals surface area contributed by atoms with E-state index < -0.39 is 0 Å². The maximum Gasteiger partial charge on any atom is 0.340 e. The molecule has 2 unspecified atom stereocenters. The Balaban J connectivity index is 2.24. The molecule has 0 bridgehead atoms. The van der Waals surface area contributed by atoms with Crippen molar-refractivity contribution in [1.82, 2.24) is 4.98 Å². The van der Waals surface area contributed by atoms with Gasteiger partial charge < -0.3 is 15.4 Å². The van der Waals surface area contributed by atoms with Crippen molar-refractivity contribution in [3.8, 4) is 0 Å². The molecule has 1 aliphatic heterocycles. The number of nitrogens with zero attached hydrogens (tertiary/aromatic N) is 2. The van der Waals surface area contributed by atoms with Crippen LogP contribution in [0.15, 0.2) is 12.3 Å². The van der Waals surface area contributed by atoms with E-state index >= 15 is 0 Å². The van der Waals surface area contributed by atoms with Crippen LogP contribution in [0, 0.1) is 0 Å². The zero-order chi connectivity index (χ0) is 14.7. The van der Waals surface area contributed by atoms with Gasteiger partial charge in [-0.15, -0.1) is 0 Å². The molecule has 6 heteroatoms. The van der Waals surface area contributed by atoms with Crippen molar-refractivity contribution < 1.29 is 9.53 Å². The second-order valence-corrected chi connectivity index (χ2v) is 6.89. The fourth-order valence-corrected chi connectivity index (χ4v) is 3.70. The molecule has 1 aromatic rings. The third-order valence-corrected chi connectivity index (χ3v) is 4.39. The van der Waals surface area contributed by atoms with Gasteiger partial charge in [-0.2, -0.15) is 11.8 Å². The number of rotatable bonds is 3. The first kappa shape index (κ1) is 15.0. The Morgan fingerprint density at radius 1 is 1.50 bits per heavy atom. The molecule has 1 saturated heterocycles. The number of ether oxygens (including phenoxy) is 1. The number of nitrogen functional groups attached to an aromatic ring is 1. The first-order chi connectivity index (χ1) is 9.51. The topological polar surface area (TPSA) is 68.5 Å². The van der Waals surface area contributed by atoms with E-state index in [1.165, 1.54) is 0 Å². The van der Waals surface area contributed by atoms with Crippen LogP contribution in [0.3, 0.4) is 0 Å². The van der Waals surface area contributed by atoms with Crippen molar-refractivity contribution in [2.24, 2.45) is 0 Å². The molecule has 2 atom stereocenters. The van der Waals surface area contributed by atoms with Gasteiger partial charge in [0.05, 0.1) is 24.1 Å². The van der Waals surface area contributed by atoms with E-state index in [-0.39, 0.29) is 5.97 Å². The smallest absolute Gasteiger partial charge is 0.340 e. The normalized spacial score (nSPS) is 22.6. The van der Waals surface area contributed by atoms with Crippen LogP contribution in [0.5, 0.6) is 0 Å². The van der Waals surface area contributed by atoms with Crippen LogP contribution in [0.25, 0.3) is 0 Å². The van der Waals surface area contributed by atoms with Gasteiger partial charge in [-0.1, -0.05) is 13.8 Å². The lowest BCUT2D eigenvalue weighted by atomic mass is 10.2. The Morgan fingerprint density at radius 3 is 2.75 bits per heavy atom. The SMILES string of the molecule is CCOC(=O)c1cc(N2CC(C)SC(C)C2)ncc1N. The fourth-order valence-electron chi connectivity index (χ4n) is 2.38. The summed E-state index contributed by atoms with van der Waals surface area (Å²) in [6.07, 6.45) is 1.54. The van der Waals surface area contributed by atoms with Gasteiger partial charge in [0.15, 0.2) is 0 Å². The van der Waals surface area contributed by atoms with Crippen molar-refractivity contribution in [2.75, 3.05) is 30.3 Å². The number of carbonyl (C=O) groups excluding carboxylic acids is 1. The molecular weight excluding hydrogens is 274 g/mol. The number of carbonyl (C=O) groups is 1. The first-order valence-electron chi connectivity index (χ1n) is 6.84. The summed E-state index contributed by atoms with van der Waals surface area (Å²) in [4.78, 5) is 18.4. The van der Waals surface area contributed by atoms with Gasteiger partial charge in [0.2, 0.25) is 0 Å². The van der Waals surface area contributed by atoms with Gasteiger partial charge in [0.1, 0.15) is 5.82 Å². The summed E-state index contributed by atoms with van der Waals surface area (Å²) in [6.45, 7) is 8.38. The Hall–Kier alpha value is -1.43. The van der Waals surface area contributed by atoms with E-state index in [0.29, 0.717) is 28.4 Å². The number of thioether (sulfide) groups is 1. The largest absolute Gasteiger partial charge is 0.462 e. The summed E-state index contributed by atoms with van der Waals surface area (Å²) >= 11 is 1.98. The van der Waals surface area contributed by atoms with Gasteiger partial charge >= 0.3 is 5.97 Å². The highest BCUT2D eigenvalue weighted by atomic mass is 32.2. The highest BCUT2D eigenvalue weighted by Crippen LogP contribution is 2.28. The molecule has 110 valence electrons. The average molecular weight is 295 g/mol. The zero-order valence-corrected chi connectivity index (χ0v) is 12.9. The molecule has 0 aliphatic carbocycles. The molecule has 2 heterocycles. The molecule has 1 aliphatic rings. The highest BCUT2D eigenvalue weighted by Gasteiger charge is 2.24. The highest BCUT2D eigenvalue weighted by molar-refractivity contribution is 8.00. The van der Waals surface area contributed by atoms with E-state index in [1.807, 2.05) is 11.8 Å². The van der Waals surface area contributed by atoms with Crippen LogP contribution >= 0.6 is 11.8 Å². The van der Waals surface area contributed by atoms with Gasteiger partial charge in [-0.25, -0.2) is 9.78 Å². The van der Waals surface area contributed by atoms with E-state index in [1.54, 1.807) is 19.2 Å². The van der Waals surface area contributed by atoms with Crippen LogP contribution in [0.4, 0.5) is 11.5 Å². The third-order valence-electron chi connectivity index (χ3n) is 3.16. The summed E-state index contributed by atoms with van der Waals surface area (Å²) in [5, 5.41) is 1.09. The second-order valence-electron chi connectivity index (χ2n) is 5.01. The third kappa shape index (κ3) is 3.36. The van der Waals surface area contributed by atoms with Crippen LogP contribution < -0.4 is 10.6 Å². The van der Waals surface area contributed by atoms with Crippen LogP contribution in [-0.4, -0.2) is 41.1 Å². The van der Waals surface area contributed by atoms with E-state index in [0.717, 1.165) is 18.9 Å². The maximum absolute atomic E-state index is 11.9. The minimum atomic E-state index is -0.388. The van der Waals surface area contributed by atoms with E-state index in [2.05, 4.69) is 23.7 Å². The molecule has 2 N–H and O–H groups in total. The fraction of sp³-hybridized carbons (Fsp3) is 0.571. The monoisotopic (exact) mass is 295 g/mol. The lowest BCUT2D eigenvalue weighted by Crippen LogP contribution is -2.41. The minimum Gasteiger partial charge on any atom is -0.462 e. The maximum atomic E-state index is 11.9. The number of hydrogen-bond donors (Lipinski definition) is 1. The molecular formula is C14H21N3O2S. The quantitative estimate of drug-likeness (QED) is 0.862. The molecule has 0 spiro atoms. The molecule has 0 amide bonds. The van der Waals surface area contributed by atoms with Crippen molar-refractivity contribution in [3.63, 3.8) is 0 Å². The predicted octanol–water partition coefficient (Wildman–Crippen LogP) is 2.17. The lowest BCUT2D eigenvalue weighted by molar-refractivity contribution is 0.0527.